The van der Waals surface area contributed by atoms with Crippen LogP contribution in [0.2, 0.25) is 0 Å². The summed E-state index contributed by atoms with van der Waals surface area (Å²) in [6.07, 6.45) is 0. The Morgan fingerprint density at radius 2 is 2.28 bits per heavy atom. The van der Waals surface area contributed by atoms with Crippen molar-refractivity contribution in [3.05, 3.63) is 22.7 Å². The van der Waals surface area contributed by atoms with Crippen molar-refractivity contribution in [1.29, 1.82) is 0 Å². The zero-order chi connectivity index (χ0) is 13.2. The molecule has 0 atom stereocenters. The largest absolute Gasteiger partial charge is 0.346 e. The maximum Gasteiger partial charge on any atom is 0.244 e. The Morgan fingerprint density at radius 3 is 2.83 bits per heavy atom. The van der Waals surface area contributed by atoms with E-state index < -0.39 is 10.0 Å². The van der Waals surface area contributed by atoms with Crippen molar-refractivity contribution in [2.24, 2.45) is 0 Å². The lowest BCUT2D eigenvalue weighted by Crippen LogP contribution is -2.23. The van der Waals surface area contributed by atoms with Crippen LogP contribution < -0.4 is 9.62 Å². The summed E-state index contributed by atoms with van der Waals surface area (Å²) in [5.41, 5.74) is 0. The number of hydrogen-bond acceptors (Lipinski definition) is 6. The fraction of sp³-hybridized carbons (Fsp3) is 0.333. The Morgan fingerprint density at radius 1 is 1.50 bits per heavy atom. The number of aromatic amines is 1. The highest BCUT2D eigenvalue weighted by Crippen LogP contribution is 2.13. The molecule has 2 aromatic rings. The molecule has 0 aliphatic carbocycles. The van der Waals surface area contributed by atoms with Crippen molar-refractivity contribution in [1.82, 2.24) is 19.9 Å². The lowest BCUT2D eigenvalue weighted by molar-refractivity contribution is 0.580. The summed E-state index contributed by atoms with van der Waals surface area (Å²) in [5.74, 6) is 0.984. The molecule has 0 unspecified atom stereocenters. The first kappa shape index (κ1) is 13.0. The molecular formula is C9H13N5O2S2. The normalized spacial score (nSPS) is 11.7. The predicted octanol–water partition coefficient (Wildman–Crippen LogP) is 0.411. The summed E-state index contributed by atoms with van der Waals surface area (Å²) in [5, 5.41) is 9.91. The van der Waals surface area contributed by atoms with Gasteiger partial charge in [-0.2, -0.15) is 16.3 Å². The van der Waals surface area contributed by atoms with Crippen molar-refractivity contribution in [3.63, 3.8) is 0 Å². The topological polar surface area (TPSA) is 91.0 Å². The van der Waals surface area contributed by atoms with Crippen LogP contribution in [0, 0.1) is 0 Å². The van der Waals surface area contributed by atoms with E-state index in [9.17, 15) is 8.42 Å². The van der Waals surface area contributed by atoms with Crippen LogP contribution in [-0.2, 0) is 16.6 Å². The number of rotatable bonds is 5. The lowest BCUT2D eigenvalue weighted by Gasteiger charge is -2.04. The first-order valence-electron chi connectivity index (χ1n) is 5.09. The van der Waals surface area contributed by atoms with E-state index in [0.29, 0.717) is 11.8 Å². The highest BCUT2D eigenvalue weighted by Gasteiger charge is 2.15. The summed E-state index contributed by atoms with van der Waals surface area (Å²) in [4.78, 5) is 6.12. The quantitative estimate of drug-likeness (QED) is 0.831. The van der Waals surface area contributed by atoms with Gasteiger partial charge in [-0.3, -0.25) is 5.10 Å². The molecule has 0 saturated heterocycles. The maximum atomic E-state index is 11.8. The van der Waals surface area contributed by atoms with Crippen LogP contribution in [0.4, 0.5) is 5.95 Å². The first-order valence-corrected chi connectivity index (χ1v) is 7.52. The zero-order valence-electron chi connectivity index (χ0n) is 9.91. The molecule has 0 fully saturated rings. The van der Waals surface area contributed by atoms with Gasteiger partial charge >= 0.3 is 0 Å². The van der Waals surface area contributed by atoms with Crippen LogP contribution in [0.5, 0.6) is 0 Å². The number of hydrogen-bond donors (Lipinski definition) is 2. The van der Waals surface area contributed by atoms with Gasteiger partial charge in [-0.1, -0.05) is 0 Å². The van der Waals surface area contributed by atoms with Crippen LogP contribution in [0.25, 0.3) is 0 Å². The van der Waals surface area contributed by atoms with Crippen molar-refractivity contribution in [3.8, 4) is 0 Å². The van der Waals surface area contributed by atoms with E-state index in [2.05, 4.69) is 19.9 Å². The van der Waals surface area contributed by atoms with Gasteiger partial charge in [0.1, 0.15) is 5.82 Å². The van der Waals surface area contributed by atoms with Gasteiger partial charge in [-0.15, -0.1) is 5.10 Å². The fourth-order valence-electron chi connectivity index (χ4n) is 1.22. The lowest BCUT2D eigenvalue weighted by atomic mass is 10.6. The summed E-state index contributed by atoms with van der Waals surface area (Å²) in [6, 6.07) is 1.55. The molecule has 2 rings (SSSR count). The molecular weight excluding hydrogens is 274 g/mol. The molecule has 0 saturated carbocycles. The Bertz CT molecular complexity index is 603. The Kier molecular flexibility index (Phi) is 3.64. The molecule has 2 heterocycles. The second-order valence-electron chi connectivity index (χ2n) is 3.76. The van der Waals surface area contributed by atoms with E-state index in [1.54, 1.807) is 21.7 Å². The van der Waals surface area contributed by atoms with Gasteiger partial charge in [0.25, 0.3) is 0 Å². The molecule has 0 aliphatic rings. The van der Waals surface area contributed by atoms with E-state index in [4.69, 9.17) is 0 Å². The number of thiophene rings is 1. The van der Waals surface area contributed by atoms with Gasteiger partial charge in [0.2, 0.25) is 16.0 Å². The van der Waals surface area contributed by atoms with E-state index in [1.165, 1.54) is 11.3 Å². The molecule has 7 nitrogen and oxygen atoms in total. The van der Waals surface area contributed by atoms with Crippen LogP contribution in [0.3, 0.4) is 0 Å². The second kappa shape index (κ2) is 5.04. The van der Waals surface area contributed by atoms with Crippen molar-refractivity contribution in [2.45, 2.75) is 11.4 Å². The molecule has 0 aromatic carbocycles. The van der Waals surface area contributed by atoms with Gasteiger partial charge < -0.3 is 4.90 Å². The fourth-order valence-corrected chi connectivity index (χ4v) is 3.23. The molecule has 18 heavy (non-hydrogen) atoms. The van der Waals surface area contributed by atoms with Gasteiger partial charge in [0, 0.05) is 19.5 Å². The standard InChI is InChI=1S/C9H13N5O2S2/c1-14(2)9-11-8(12-13-9)5-10-18(15,16)7-3-4-17-6-7/h3-4,6,10H,5H2,1-2H3,(H,11,12,13). The van der Waals surface area contributed by atoms with Crippen LogP contribution in [-0.4, -0.2) is 37.7 Å². The highest BCUT2D eigenvalue weighted by atomic mass is 32.2. The van der Waals surface area contributed by atoms with Crippen molar-refractivity contribution >= 4 is 27.3 Å². The minimum absolute atomic E-state index is 0.0824. The number of sulfonamides is 1. The van der Waals surface area contributed by atoms with Gasteiger partial charge in [-0.05, 0) is 11.4 Å². The molecule has 98 valence electrons. The summed E-state index contributed by atoms with van der Waals surface area (Å²) < 4.78 is 26.1. The Labute approximate surface area is 109 Å². The molecule has 0 radical (unpaired) electrons. The highest BCUT2D eigenvalue weighted by molar-refractivity contribution is 7.89. The van der Waals surface area contributed by atoms with E-state index in [1.807, 2.05) is 14.1 Å². The Balaban J connectivity index is 2.03. The van der Waals surface area contributed by atoms with E-state index >= 15 is 0 Å². The number of nitrogens with one attached hydrogen (secondary N) is 2. The number of H-pyrrole nitrogens is 1. The zero-order valence-corrected chi connectivity index (χ0v) is 11.5. The minimum Gasteiger partial charge on any atom is -0.346 e. The van der Waals surface area contributed by atoms with Gasteiger partial charge in [0.15, 0.2) is 0 Å². The van der Waals surface area contributed by atoms with Crippen LogP contribution in [0.15, 0.2) is 21.7 Å². The molecule has 0 amide bonds. The number of anilines is 1. The van der Waals surface area contributed by atoms with E-state index in [0.717, 1.165) is 0 Å². The SMILES string of the molecule is CN(C)c1n[nH]c(CNS(=O)(=O)c2ccsc2)n1. The molecule has 2 aromatic heterocycles. The third kappa shape index (κ3) is 2.86. The average Bonchev–Trinajstić information content (AvgIpc) is 2.98. The summed E-state index contributed by atoms with van der Waals surface area (Å²) in [6.45, 7) is 0.0824. The molecule has 0 spiro atoms. The molecule has 0 aliphatic heterocycles. The third-order valence-corrected chi connectivity index (χ3v) is 4.39. The van der Waals surface area contributed by atoms with Gasteiger partial charge in [0.05, 0.1) is 11.4 Å². The monoisotopic (exact) mass is 287 g/mol. The van der Waals surface area contributed by atoms with Gasteiger partial charge in [-0.25, -0.2) is 13.1 Å². The third-order valence-electron chi connectivity index (χ3n) is 2.15. The molecule has 9 heteroatoms. The maximum absolute atomic E-state index is 11.8. The predicted molar refractivity (Wildman–Crippen MR) is 69.1 cm³/mol. The Hall–Kier alpha value is -1.45. The van der Waals surface area contributed by atoms with Crippen molar-refractivity contribution < 1.29 is 8.42 Å². The van der Waals surface area contributed by atoms with Crippen LogP contribution in [0.1, 0.15) is 5.82 Å². The number of aromatic nitrogens is 3. The summed E-state index contributed by atoms with van der Waals surface area (Å²) in [7, 11) is 0.149. The van der Waals surface area contributed by atoms with E-state index in [-0.39, 0.29) is 11.4 Å². The summed E-state index contributed by atoms with van der Waals surface area (Å²) >= 11 is 1.33. The van der Waals surface area contributed by atoms with Crippen LogP contribution >= 0.6 is 11.3 Å². The molecule has 0 bridgehead atoms. The molecule has 2 N–H and O–H groups in total. The first-order chi connectivity index (χ1) is 8.49. The second-order valence-corrected chi connectivity index (χ2v) is 6.31. The average molecular weight is 287 g/mol. The van der Waals surface area contributed by atoms with Crippen molar-refractivity contribution in [2.75, 3.05) is 19.0 Å². The minimum atomic E-state index is -3.47. The smallest absolute Gasteiger partial charge is 0.244 e. The number of nitrogens with zero attached hydrogens (tertiary/aromatic N) is 3.